The highest BCUT2D eigenvalue weighted by molar-refractivity contribution is 7.90. The van der Waals surface area contributed by atoms with Gasteiger partial charge in [0.2, 0.25) is 11.8 Å². The molecule has 362 valence electrons. The van der Waals surface area contributed by atoms with Crippen LogP contribution in [0.4, 0.5) is 15.3 Å². The molecule has 1 spiro atoms. The summed E-state index contributed by atoms with van der Waals surface area (Å²) in [7, 11) is -1.59. The average Bonchev–Trinajstić information content (AvgIpc) is 4.16. The van der Waals surface area contributed by atoms with Crippen LogP contribution in [0.1, 0.15) is 96.5 Å². The smallest absolute Gasteiger partial charge is 0.407 e. The third-order valence-electron chi connectivity index (χ3n) is 14.0. The number of ether oxygens (including phenoxy) is 2. The zero-order chi connectivity index (χ0) is 48.5. The Bertz CT molecular complexity index is 2710. The number of nitrogens with zero attached hydrogens (tertiary/aromatic N) is 5. The van der Waals surface area contributed by atoms with Crippen LogP contribution in [0.5, 0.6) is 0 Å². The van der Waals surface area contributed by atoms with Gasteiger partial charge in [0.1, 0.15) is 28.6 Å². The number of amides is 4. The van der Waals surface area contributed by atoms with Crippen molar-refractivity contribution in [3.05, 3.63) is 71.8 Å². The lowest BCUT2D eigenvalue weighted by Crippen LogP contribution is -2.54. The van der Waals surface area contributed by atoms with Crippen molar-refractivity contribution >= 4 is 45.5 Å². The molecule has 2 aromatic heterocycles. The van der Waals surface area contributed by atoms with Crippen LogP contribution in [-0.4, -0.2) is 108 Å². The number of imidazole rings is 1. The number of alkyl carbamates (subject to hydrolysis) is 2. The number of likely N-dealkylation sites (tertiary alicyclic amines) is 1. The lowest BCUT2D eigenvalue weighted by Gasteiger charge is -2.32. The molecular weight excluding hydrogens is 887 g/mol. The van der Waals surface area contributed by atoms with Gasteiger partial charge in [-0.1, -0.05) is 77.8 Å². The van der Waals surface area contributed by atoms with Crippen LogP contribution in [0.3, 0.4) is 0 Å². The fourth-order valence-electron chi connectivity index (χ4n) is 10.5. The number of pyridine rings is 1. The van der Waals surface area contributed by atoms with Crippen LogP contribution in [0.15, 0.2) is 64.2 Å². The van der Waals surface area contributed by atoms with Crippen LogP contribution < -0.4 is 16.0 Å². The van der Waals surface area contributed by atoms with Crippen molar-refractivity contribution in [2.45, 2.75) is 122 Å². The first-order valence-electron chi connectivity index (χ1n) is 23.7. The monoisotopic (exact) mass is 949 g/mol. The number of hydrogen-bond acceptors (Lipinski definition) is 11. The van der Waals surface area contributed by atoms with E-state index in [-0.39, 0.29) is 46.3 Å². The Labute approximate surface area is 398 Å². The molecule has 1 saturated heterocycles. The molecule has 2 fully saturated rings. The van der Waals surface area contributed by atoms with Crippen molar-refractivity contribution in [3.8, 4) is 33.6 Å². The number of aromatic amines is 1. The SMILES string of the molecule is CCCN(Cc1ncc(-c2ccc(-c3ncc(-c4ccc5c(c4)NC([C@@H]4CCCN4C(=O)[C@@H](NC(=O)OC)C(C)C)=NS5(=O)=O)c4c3CC3(CCCC3)C4)cc2)[nH]1)C(=O)[C@@H](NC(=O)OC)C(C)C. The van der Waals surface area contributed by atoms with Gasteiger partial charge >= 0.3 is 12.2 Å². The van der Waals surface area contributed by atoms with Crippen LogP contribution in [0.25, 0.3) is 33.6 Å². The first-order chi connectivity index (χ1) is 32.5. The molecule has 0 bridgehead atoms. The highest BCUT2D eigenvalue weighted by Gasteiger charge is 2.43. The van der Waals surface area contributed by atoms with E-state index in [2.05, 4.69) is 42.4 Å². The van der Waals surface area contributed by atoms with E-state index in [0.29, 0.717) is 37.4 Å². The maximum Gasteiger partial charge on any atom is 0.407 e. The van der Waals surface area contributed by atoms with Gasteiger partial charge in [-0.3, -0.25) is 14.6 Å². The molecule has 0 unspecified atom stereocenters. The van der Waals surface area contributed by atoms with E-state index in [9.17, 15) is 27.6 Å². The third-order valence-corrected chi connectivity index (χ3v) is 15.3. The Hall–Kier alpha value is -6.30. The minimum Gasteiger partial charge on any atom is -0.453 e. The van der Waals surface area contributed by atoms with Crippen molar-refractivity contribution < 1.29 is 37.1 Å². The van der Waals surface area contributed by atoms with E-state index in [1.807, 2.05) is 65.1 Å². The van der Waals surface area contributed by atoms with E-state index in [1.165, 1.54) is 38.2 Å². The number of amidine groups is 1. The molecule has 1 saturated carbocycles. The van der Waals surface area contributed by atoms with Crippen LogP contribution in [0, 0.1) is 17.3 Å². The average molecular weight is 950 g/mol. The van der Waals surface area contributed by atoms with E-state index in [0.717, 1.165) is 65.7 Å². The van der Waals surface area contributed by atoms with Gasteiger partial charge in [0.15, 0.2) is 0 Å². The maximum absolute atomic E-state index is 13.9. The fraction of sp³-hybridized carbons (Fsp3) is 0.500. The first kappa shape index (κ1) is 48.2. The summed E-state index contributed by atoms with van der Waals surface area (Å²) in [4.78, 5) is 68.3. The molecule has 0 radical (unpaired) electrons. The van der Waals surface area contributed by atoms with Gasteiger partial charge in [-0.2, -0.15) is 8.42 Å². The number of hydrogen-bond donors (Lipinski definition) is 4. The number of nitrogens with one attached hydrogen (secondary N) is 4. The third kappa shape index (κ3) is 9.69. The zero-order valence-electron chi connectivity index (χ0n) is 40.0. The topological polar surface area (TPSA) is 217 Å². The maximum atomic E-state index is 13.9. The van der Waals surface area contributed by atoms with Gasteiger partial charge in [-0.05, 0) is 96.6 Å². The molecule has 8 rings (SSSR count). The molecule has 4 aliphatic rings. The number of H-pyrrole nitrogens is 1. The van der Waals surface area contributed by atoms with Gasteiger partial charge in [-0.25, -0.2) is 14.6 Å². The number of fused-ring (bicyclic) bond motifs is 2. The van der Waals surface area contributed by atoms with E-state index in [4.69, 9.17) is 14.5 Å². The van der Waals surface area contributed by atoms with E-state index in [1.54, 1.807) is 22.1 Å². The fourth-order valence-corrected chi connectivity index (χ4v) is 11.6. The van der Waals surface area contributed by atoms with Gasteiger partial charge in [0.05, 0.1) is 50.1 Å². The predicted octanol–water partition coefficient (Wildman–Crippen LogP) is 7.47. The summed E-state index contributed by atoms with van der Waals surface area (Å²) < 4.78 is 41.3. The molecule has 2 aliphatic carbocycles. The Morgan fingerprint density at radius 3 is 2.16 bits per heavy atom. The Morgan fingerprint density at radius 1 is 0.853 bits per heavy atom. The number of rotatable bonds is 14. The van der Waals surface area contributed by atoms with Crippen molar-refractivity contribution in [3.63, 3.8) is 0 Å². The summed E-state index contributed by atoms with van der Waals surface area (Å²) in [5.41, 5.74) is 8.42. The second kappa shape index (κ2) is 19.7. The standard InChI is InChI=1S/C50H63N9O8S/c1-8-21-58(46(60)42(29(2)3)55-48(62)66-6)28-41-51-27-38(53-41)31-13-15-32(16-14-31)44-35-25-50(19-9-10-20-50)24-34(35)36(26-52-44)33-17-18-40-37(23-33)54-45(57-68(40,64)65)39-12-11-22-59(39)47(61)43(30(4)5)56-49(63)67-7/h13-18,23,26-27,29-30,39,42-43H,8-12,19-22,24-25,28H2,1-7H3,(H,51,53)(H,54,57)(H,55,62)(H,56,63)/t39-,42-,43-/m0/s1. The number of carbonyl (C=O) groups excluding carboxylic acids is 4. The minimum atomic E-state index is -4.11. The summed E-state index contributed by atoms with van der Waals surface area (Å²) in [6, 6.07) is 11.3. The van der Waals surface area contributed by atoms with Crippen LogP contribution in [0.2, 0.25) is 0 Å². The highest BCUT2D eigenvalue weighted by Crippen LogP contribution is 2.53. The molecular formula is C50H63N9O8S. The first-order valence-corrected chi connectivity index (χ1v) is 25.2. The molecule has 68 heavy (non-hydrogen) atoms. The lowest BCUT2D eigenvalue weighted by atomic mass is 9.82. The minimum absolute atomic E-state index is 0.0609. The second-order valence-electron chi connectivity index (χ2n) is 19.3. The van der Waals surface area contributed by atoms with Gasteiger partial charge in [0, 0.05) is 30.4 Å². The Balaban J connectivity index is 1.05. The normalized spacial score (nSPS) is 18.6. The molecule has 17 nitrogen and oxygen atoms in total. The van der Waals surface area contributed by atoms with Gasteiger partial charge in [0.25, 0.3) is 10.0 Å². The summed E-state index contributed by atoms with van der Waals surface area (Å²) in [5, 5.41) is 8.65. The van der Waals surface area contributed by atoms with Gasteiger partial charge in [-0.15, -0.1) is 4.40 Å². The number of sulfonamides is 1. The number of methoxy groups -OCH3 is 2. The zero-order valence-corrected chi connectivity index (χ0v) is 40.8. The summed E-state index contributed by atoms with van der Waals surface area (Å²) in [6.07, 6.45) is 10.6. The van der Waals surface area contributed by atoms with E-state index < -0.39 is 40.3 Å². The number of anilines is 1. The molecule has 4 heterocycles. The molecule has 2 aliphatic heterocycles. The van der Waals surface area contributed by atoms with Crippen LogP contribution >= 0.6 is 0 Å². The van der Waals surface area contributed by atoms with Crippen molar-refractivity contribution in [2.24, 2.45) is 21.6 Å². The Kier molecular flexibility index (Phi) is 14.0. The largest absolute Gasteiger partial charge is 0.453 e. The highest BCUT2D eigenvalue weighted by atomic mass is 32.2. The lowest BCUT2D eigenvalue weighted by molar-refractivity contribution is -0.135. The van der Waals surface area contributed by atoms with Crippen molar-refractivity contribution in [1.82, 2.24) is 35.4 Å². The summed E-state index contributed by atoms with van der Waals surface area (Å²) in [5.74, 6) is -0.108. The second-order valence-corrected chi connectivity index (χ2v) is 20.9. The summed E-state index contributed by atoms with van der Waals surface area (Å²) >= 11 is 0. The number of aromatic nitrogens is 3. The van der Waals surface area contributed by atoms with E-state index >= 15 is 0 Å². The molecule has 4 N–H and O–H groups in total. The molecule has 4 amide bonds. The van der Waals surface area contributed by atoms with Crippen molar-refractivity contribution in [2.75, 3.05) is 32.6 Å². The summed E-state index contributed by atoms with van der Waals surface area (Å²) in [6.45, 7) is 10.6. The molecule has 4 aromatic rings. The number of carbonyl (C=O) groups is 4. The molecule has 2 aromatic carbocycles. The van der Waals surface area contributed by atoms with Gasteiger partial charge < -0.3 is 40.2 Å². The predicted molar refractivity (Wildman–Crippen MR) is 258 cm³/mol. The molecule has 18 heteroatoms. The molecule has 3 atom stereocenters. The quantitative estimate of drug-likeness (QED) is 0.0972. The number of benzene rings is 2. The Morgan fingerprint density at radius 2 is 1.50 bits per heavy atom. The van der Waals surface area contributed by atoms with Crippen LogP contribution in [-0.2, 0) is 48.5 Å². The van der Waals surface area contributed by atoms with Crippen molar-refractivity contribution in [1.29, 1.82) is 0 Å².